The van der Waals surface area contributed by atoms with E-state index in [-0.39, 0.29) is 0 Å². The Morgan fingerprint density at radius 3 is 2.56 bits per heavy atom. The molecule has 2 rings (SSSR count). The zero-order valence-corrected chi connectivity index (χ0v) is 12.0. The zero-order valence-electron chi connectivity index (χ0n) is 11.2. The summed E-state index contributed by atoms with van der Waals surface area (Å²) in [6.45, 7) is 9.25. The second-order valence-electron chi connectivity index (χ2n) is 5.26. The first-order chi connectivity index (χ1) is 8.45. The van der Waals surface area contributed by atoms with Crippen LogP contribution < -0.4 is 0 Å². The number of fused-ring (bicyclic) bond motifs is 1. The van der Waals surface area contributed by atoms with Crippen LogP contribution in [0.15, 0.2) is 12.1 Å². The van der Waals surface area contributed by atoms with E-state index in [1.54, 1.807) is 0 Å². The topological polar surface area (TPSA) is 28.7 Å². The van der Waals surface area contributed by atoms with Gasteiger partial charge in [-0.15, -0.1) is 0 Å². The minimum atomic E-state index is 0.491. The molecule has 1 heterocycles. The van der Waals surface area contributed by atoms with Gasteiger partial charge in [0, 0.05) is 11.9 Å². The second kappa shape index (κ2) is 4.66. The Morgan fingerprint density at radius 1 is 1.33 bits per heavy atom. The minimum absolute atomic E-state index is 0.491. The number of halogens is 1. The fourth-order valence-electron chi connectivity index (χ4n) is 2.50. The Labute approximate surface area is 113 Å². The quantitative estimate of drug-likeness (QED) is 0.785. The lowest BCUT2D eigenvalue weighted by Gasteiger charge is -2.11. The van der Waals surface area contributed by atoms with E-state index in [0.29, 0.717) is 16.6 Å². The van der Waals surface area contributed by atoms with Crippen LogP contribution in [0.4, 0.5) is 0 Å². The molecule has 0 fully saturated rings. The van der Waals surface area contributed by atoms with Crippen LogP contribution in [-0.2, 0) is 6.54 Å². The molecule has 1 aromatic heterocycles. The third kappa shape index (κ3) is 2.00. The average Bonchev–Trinajstić information content (AvgIpc) is 2.51. The van der Waals surface area contributed by atoms with Gasteiger partial charge in [-0.2, -0.15) is 5.26 Å². The Bertz CT molecular complexity index is 645. The van der Waals surface area contributed by atoms with Gasteiger partial charge in [-0.25, -0.2) is 0 Å². The van der Waals surface area contributed by atoms with Crippen molar-refractivity contribution < 1.29 is 0 Å². The normalized spacial score (nSPS) is 11.2. The number of benzene rings is 1. The summed E-state index contributed by atoms with van der Waals surface area (Å²) in [5, 5.41) is 10.8. The van der Waals surface area contributed by atoms with E-state index in [1.165, 1.54) is 5.56 Å². The van der Waals surface area contributed by atoms with E-state index >= 15 is 0 Å². The van der Waals surface area contributed by atoms with E-state index in [1.807, 2.05) is 13.0 Å². The Morgan fingerprint density at radius 2 is 2.00 bits per heavy atom. The number of hydrogen-bond acceptors (Lipinski definition) is 1. The van der Waals surface area contributed by atoms with Crippen LogP contribution in [0, 0.1) is 31.1 Å². The van der Waals surface area contributed by atoms with Gasteiger partial charge in [0.2, 0.25) is 0 Å². The molecule has 0 N–H and O–H groups in total. The highest BCUT2D eigenvalue weighted by Crippen LogP contribution is 2.33. The summed E-state index contributed by atoms with van der Waals surface area (Å²) in [4.78, 5) is 0. The molecule has 2 aromatic rings. The molecule has 2 nitrogen and oxygen atoms in total. The van der Waals surface area contributed by atoms with E-state index in [4.69, 9.17) is 11.6 Å². The molecule has 0 spiro atoms. The molecule has 0 aliphatic rings. The number of nitrogens with zero attached hydrogens (tertiary/aromatic N) is 2. The standard InChI is InChI=1S/C15H17ClN2/c1-9(2)8-18-14-11(4)5-10(3)6-12(14)13(7-17)15(18)16/h5-6,9H,8H2,1-4H3. The number of hydrogen-bond donors (Lipinski definition) is 0. The third-order valence-corrected chi connectivity index (χ3v) is 3.48. The van der Waals surface area contributed by atoms with E-state index < -0.39 is 0 Å². The number of aryl methyl sites for hydroxylation is 2. The number of rotatable bonds is 2. The van der Waals surface area contributed by atoms with E-state index in [9.17, 15) is 5.26 Å². The molecule has 0 radical (unpaired) electrons. The molecule has 18 heavy (non-hydrogen) atoms. The Hall–Kier alpha value is -1.46. The molecule has 1 aromatic carbocycles. The van der Waals surface area contributed by atoms with Gasteiger partial charge >= 0.3 is 0 Å². The van der Waals surface area contributed by atoms with Crippen molar-refractivity contribution in [1.82, 2.24) is 4.57 Å². The Kier molecular flexibility index (Phi) is 3.36. The lowest BCUT2D eigenvalue weighted by Crippen LogP contribution is -2.05. The molecule has 0 aliphatic carbocycles. The van der Waals surface area contributed by atoms with Crippen LogP contribution in [0.5, 0.6) is 0 Å². The lowest BCUT2D eigenvalue weighted by molar-refractivity contribution is 0.535. The first-order valence-electron chi connectivity index (χ1n) is 6.14. The highest BCUT2D eigenvalue weighted by molar-refractivity contribution is 6.32. The largest absolute Gasteiger partial charge is 0.330 e. The van der Waals surface area contributed by atoms with Gasteiger partial charge < -0.3 is 4.57 Å². The molecule has 0 amide bonds. The third-order valence-electron chi connectivity index (χ3n) is 3.09. The van der Waals surface area contributed by atoms with Crippen molar-refractivity contribution in [1.29, 1.82) is 5.26 Å². The summed E-state index contributed by atoms with van der Waals surface area (Å²) in [5.41, 5.74) is 4.03. The predicted molar refractivity (Wildman–Crippen MR) is 76.0 cm³/mol. The summed E-state index contributed by atoms with van der Waals surface area (Å²) in [5.74, 6) is 0.491. The maximum Gasteiger partial charge on any atom is 0.128 e. The summed E-state index contributed by atoms with van der Waals surface area (Å²) < 4.78 is 2.06. The monoisotopic (exact) mass is 260 g/mol. The van der Waals surface area contributed by atoms with Crippen LogP contribution >= 0.6 is 11.6 Å². The molecule has 0 saturated heterocycles. The molecular formula is C15H17ClN2. The molecule has 0 saturated carbocycles. The SMILES string of the molecule is Cc1cc(C)c2c(c1)c(C#N)c(Cl)n2CC(C)C. The molecule has 94 valence electrons. The lowest BCUT2D eigenvalue weighted by atomic mass is 10.1. The Balaban J connectivity index is 2.86. The summed E-state index contributed by atoms with van der Waals surface area (Å²) in [6, 6.07) is 6.41. The first-order valence-corrected chi connectivity index (χ1v) is 6.52. The maximum atomic E-state index is 9.30. The minimum Gasteiger partial charge on any atom is -0.330 e. The van der Waals surface area contributed by atoms with Gasteiger partial charge in [-0.05, 0) is 31.4 Å². The zero-order chi connectivity index (χ0) is 13.4. The summed E-state index contributed by atoms with van der Waals surface area (Å²) in [6.07, 6.45) is 0. The van der Waals surface area contributed by atoms with Crippen molar-refractivity contribution in [2.45, 2.75) is 34.2 Å². The van der Waals surface area contributed by atoms with E-state index in [2.05, 4.69) is 37.5 Å². The second-order valence-corrected chi connectivity index (χ2v) is 5.62. The van der Waals surface area contributed by atoms with Gasteiger partial charge in [-0.1, -0.05) is 37.1 Å². The fraction of sp³-hybridized carbons (Fsp3) is 0.400. The van der Waals surface area contributed by atoms with Gasteiger partial charge in [0.25, 0.3) is 0 Å². The molecule has 0 atom stereocenters. The van der Waals surface area contributed by atoms with Crippen molar-refractivity contribution in [3.63, 3.8) is 0 Å². The number of aromatic nitrogens is 1. The van der Waals surface area contributed by atoms with Crippen LogP contribution in [0.1, 0.15) is 30.5 Å². The highest BCUT2D eigenvalue weighted by Gasteiger charge is 2.17. The summed E-state index contributed by atoms with van der Waals surface area (Å²) in [7, 11) is 0. The fourth-order valence-corrected chi connectivity index (χ4v) is 2.79. The van der Waals surface area contributed by atoms with Crippen LogP contribution in [0.3, 0.4) is 0 Å². The van der Waals surface area contributed by atoms with Crippen molar-refractivity contribution in [2.75, 3.05) is 0 Å². The van der Waals surface area contributed by atoms with Crippen molar-refractivity contribution in [3.8, 4) is 6.07 Å². The van der Waals surface area contributed by atoms with Gasteiger partial charge in [0.15, 0.2) is 0 Å². The van der Waals surface area contributed by atoms with E-state index in [0.717, 1.165) is 23.0 Å². The maximum absolute atomic E-state index is 9.30. The first kappa shape index (κ1) is 13.0. The van der Waals surface area contributed by atoms with Crippen LogP contribution in [0.2, 0.25) is 5.15 Å². The summed E-state index contributed by atoms with van der Waals surface area (Å²) >= 11 is 6.36. The van der Waals surface area contributed by atoms with Crippen LogP contribution in [-0.4, -0.2) is 4.57 Å². The molecule has 0 unspecified atom stereocenters. The molecular weight excluding hydrogens is 244 g/mol. The number of nitriles is 1. The highest BCUT2D eigenvalue weighted by atomic mass is 35.5. The van der Waals surface area contributed by atoms with Gasteiger partial charge in [-0.3, -0.25) is 0 Å². The molecule has 3 heteroatoms. The van der Waals surface area contributed by atoms with Crippen molar-refractivity contribution in [3.05, 3.63) is 34.0 Å². The average molecular weight is 261 g/mol. The van der Waals surface area contributed by atoms with Crippen LogP contribution in [0.25, 0.3) is 10.9 Å². The van der Waals surface area contributed by atoms with Crippen molar-refractivity contribution in [2.24, 2.45) is 5.92 Å². The van der Waals surface area contributed by atoms with Gasteiger partial charge in [0.1, 0.15) is 11.2 Å². The van der Waals surface area contributed by atoms with Crippen molar-refractivity contribution >= 4 is 22.5 Å². The predicted octanol–water partition coefficient (Wildman–Crippen LogP) is 4.44. The smallest absolute Gasteiger partial charge is 0.128 e. The molecule has 0 aliphatic heterocycles. The van der Waals surface area contributed by atoms with Gasteiger partial charge in [0.05, 0.1) is 11.1 Å². The molecule has 0 bridgehead atoms.